The van der Waals surface area contributed by atoms with Gasteiger partial charge in [-0.15, -0.1) is 0 Å². The average molecular weight is 342 g/mol. The van der Waals surface area contributed by atoms with Gasteiger partial charge in [-0.3, -0.25) is 9.78 Å². The number of pyridine rings is 1. The lowest BCUT2D eigenvalue weighted by Gasteiger charge is -2.33. The topological polar surface area (TPSA) is 42.4 Å². The fourth-order valence-electron chi connectivity index (χ4n) is 3.42. The van der Waals surface area contributed by atoms with Gasteiger partial charge in [0, 0.05) is 25.5 Å². The molecular formula is C20H23FN2O2. The maximum atomic E-state index is 13.8. The number of rotatable bonds is 5. The van der Waals surface area contributed by atoms with Gasteiger partial charge in [0.15, 0.2) is 11.6 Å². The van der Waals surface area contributed by atoms with Gasteiger partial charge in [-0.1, -0.05) is 12.1 Å². The molecule has 1 aliphatic rings. The molecule has 1 atom stereocenters. The number of nitrogens with zero attached hydrogens (tertiary/aromatic N) is 2. The SMILES string of the molecule is COc1ccc(CC(=O)N2CCCC(Cc3cccnc3)C2)cc1F. The highest BCUT2D eigenvalue weighted by Crippen LogP contribution is 2.22. The molecule has 2 aromatic rings. The highest BCUT2D eigenvalue weighted by molar-refractivity contribution is 5.79. The second-order valence-corrected chi connectivity index (χ2v) is 6.56. The second kappa shape index (κ2) is 8.10. The molecule has 1 aromatic heterocycles. The number of hydrogen-bond donors (Lipinski definition) is 0. The minimum Gasteiger partial charge on any atom is -0.494 e. The van der Waals surface area contributed by atoms with Crippen LogP contribution in [0.15, 0.2) is 42.7 Å². The van der Waals surface area contributed by atoms with Crippen LogP contribution in [0, 0.1) is 11.7 Å². The van der Waals surface area contributed by atoms with Gasteiger partial charge in [-0.2, -0.15) is 0 Å². The maximum absolute atomic E-state index is 13.8. The smallest absolute Gasteiger partial charge is 0.227 e. The molecule has 1 aliphatic heterocycles. The molecule has 1 amide bonds. The summed E-state index contributed by atoms with van der Waals surface area (Å²) in [6.07, 6.45) is 6.95. The molecule has 0 spiro atoms. The molecule has 1 fully saturated rings. The van der Waals surface area contributed by atoms with E-state index in [1.807, 2.05) is 17.2 Å². The molecular weight excluding hydrogens is 319 g/mol. The van der Waals surface area contributed by atoms with Crippen LogP contribution in [0.3, 0.4) is 0 Å². The van der Waals surface area contributed by atoms with Crippen molar-refractivity contribution in [1.29, 1.82) is 0 Å². The molecule has 5 heteroatoms. The van der Waals surface area contributed by atoms with Gasteiger partial charge in [0.1, 0.15) is 0 Å². The van der Waals surface area contributed by atoms with E-state index < -0.39 is 5.82 Å². The van der Waals surface area contributed by atoms with Crippen molar-refractivity contribution in [1.82, 2.24) is 9.88 Å². The predicted molar refractivity (Wildman–Crippen MR) is 93.9 cm³/mol. The van der Waals surface area contributed by atoms with Crippen LogP contribution in [0.2, 0.25) is 0 Å². The predicted octanol–water partition coefficient (Wildman–Crippen LogP) is 3.25. The average Bonchev–Trinajstić information content (AvgIpc) is 2.63. The summed E-state index contributed by atoms with van der Waals surface area (Å²) in [5, 5.41) is 0. The Morgan fingerprint density at radius 3 is 2.96 bits per heavy atom. The molecule has 0 saturated carbocycles. The standard InChI is InChI=1S/C20H23FN2O2/c1-25-19-7-6-15(11-18(19)21)12-20(24)23-9-3-5-17(14-23)10-16-4-2-8-22-13-16/h2,4,6-8,11,13,17H,3,5,9-10,12,14H2,1H3. The van der Waals surface area contributed by atoms with Crippen LogP contribution in [-0.2, 0) is 17.6 Å². The number of benzene rings is 1. The van der Waals surface area contributed by atoms with E-state index in [4.69, 9.17) is 4.74 Å². The van der Waals surface area contributed by atoms with Gasteiger partial charge in [0.2, 0.25) is 5.91 Å². The molecule has 0 bridgehead atoms. The first-order valence-electron chi connectivity index (χ1n) is 8.65. The van der Waals surface area contributed by atoms with Gasteiger partial charge in [0.05, 0.1) is 13.5 Å². The first kappa shape index (κ1) is 17.4. The lowest BCUT2D eigenvalue weighted by Crippen LogP contribution is -2.41. The Hall–Kier alpha value is -2.43. The minimum atomic E-state index is -0.430. The van der Waals surface area contributed by atoms with Crippen molar-refractivity contribution in [3.05, 3.63) is 59.7 Å². The molecule has 3 rings (SSSR count). The van der Waals surface area contributed by atoms with Crippen molar-refractivity contribution in [3.8, 4) is 5.75 Å². The summed E-state index contributed by atoms with van der Waals surface area (Å²) in [6.45, 7) is 1.54. The molecule has 1 unspecified atom stereocenters. The molecule has 1 saturated heterocycles. The fourth-order valence-corrected chi connectivity index (χ4v) is 3.42. The van der Waals surface area contributed by atoms with E-state index in [-0.39, 0.29) is 18.1 Å². The summed E-state index contributed by atoms with van der Waals surface area (Å²) in [7, 11) is 1.43. The summed E-state index contributed by atoms with van der Waals surface area (Å²) in [5.41, 5.74) is 1.89. The van der Waals surface area contributed by atoms with Crippen LogP contribution < -0.4 is 4.74 Å². The molecule has 132 valence electrons. The monoisotopic (exact) mass is 342 g/mol. The van der Waals surface area contributed by atoms with Crippen LogP contribution >= 0.6 is 0 Å². The number of carbonyl (C=O) groups excluding carboxylic acids is 1. The molecule has 0 N–H and O–H groups in total. The minimum absolute atomic E-state index is 0.0560. The fraction of sp³-hybridized carbons (Fsp3) is 0.400. The van der Waals surface area contributed by atoms with Gasteiger partial charge in [0.25, 0.3) is 0 Å². The van der Waals surface area contributed by atoms with E-state index in [0.717, 1.165) is 32.4 Å². The largest absolute Gasteiger partial charge is 0.494 e. The van der Waals surface area contributed by atoms with E-state index >= 15 is 0 Å². The van der Waals surface area contributed by atoms with E-state index in [1.54, 1.807) is 18.3 Å². The number of likely N-dealkylation sites (tertiary alicyclic amines) is 1. The lowest BCUT2D eigenvalue weighted by atomic mass is 9.91. The van der Waals surface area contributed by atoms with Crippen molar-refractivity contribution >= 4 is 5.91 Å². The third-order valence-electron chi connectivity index (χ3n) is 4.69. The normalized spacial score (nSPS) is 17.4. The highest BCUT2D eigenvalue weighted by Gasteiger charge is 2.24. The third-order valence-corrected chi connectivity index (χ3v) is 4.69. The Labute approximate surface area is 147 Å². The second-order valence-electron chi connectivity index (χ2n) is 6.56. The van der Waals surface area contributed by atoms with Crippen LogP contribution in [0.1, 0.15) is 24.0 Å². The first-order valence-corrected chi connectivity index (χ1v) is 8.65. The van der Waals surface area contributed by atoms with Crippen molar-refractivity contribution in [3.63, 3.8) is 0 Å². The number of halogens is 1. The number of hydrogen-bond acceptors (Lipinski definition) is 3. The van der Waals surface area contributed by atoms with E-state index in [0.29, 0.717) is 11.5 Å². The number of ether oxygens (including phenoxy) is 1. The van der Waals surface area contributed by atoms with Crippen LogP contribution in [-0.4, -0.2) is 36.0 Å². The van der Waals surface area contributed by atoms with Gasteiger partial charge >= 0.3 is 0 Å². The van der Waals surface area contributed by atoms with Crippen molar-refractivity contribution in [2.45, 2.75) is 25.7 Å². The van der Waals surface area contributed by atoms with Gasteiger partial charge < -0.3 is 9.64 Å². The number of amides is 1. The Bertz CT molecular complexity index is 721. The van der Waals surface area contributed by atoms with Crippen molar-refractivity contribution < 1.29 is 13.9 Å². The number of carbonyl (C=O) groups is 1. The quantitative estimate of drug-likeness (QED) is 0.838. The number of methoxy groups -OCH3 is 1. The summed E-state index contributed by atoms with van der Waals surface area (Å²) in [5.74, 6) is 0.279. The Kier molecular flexibility index (Phi) is 5.64. The molecule has 0 radical (unpaired) electrons. The maximum Gasteiger partial charge on any atom is 0.227 e. The van der Waals surface area contributed by atoms with Crippen LogP contribution in [0.5, 0.6) is 5.75 Å². The molecule has 0 aliphatic carbocycles. The molecule has 25 heavy (non-hydrogen) atoms. The van der Waals surface area contributed by atoms with Crippen molar-refractivity contribution in [2.24, 2.45) is 5.92 Å². The zero-order chi connectivity index (χ0) is 17.6. The van der Waals surface area contributed by atoms with Crippen molar-refractivity contribution in [2.75, 3.05) is 20.2 Å². The third kappa shape index (κ3) is 4.56. The van der Waals surface area contributed by atoms with E-state index in [9.17, 15) is 9.18 Å². The summed E-state index contributed by atoms with van der Waals surface area (Å²) >= 11 is 0. The molecule has 2 heterocycles. The Balaban J connectivity index is 1.59. The van der Waals surface area contributed by atoms with E-state index in [1.165, 1.54) is 18.7 Å². The molecule has 1 aromatic carbocycles. The lowest BCUT2D eigenvalue weighted by molar-refractivity contribution is -0.132. The van der Waals surface area contributed by atoms with E-state index in [2.05, 4.69) is 11.1 Å². The summed E-state index contributed by atoms with van der Waals surface area (Å²) in [4.78, 5) is 18.7. The Morgan fingerprint density at radius 1 is 1.36 bits per heavy atom. The number of aromatic nitrogens is 1. The summed E-state index contributed by atoms with van der Waals surface area (Å²) < 4.78 is 18.7. The highest BCUT2D eigenvalue weighted by atomic mass is 19.1. The number of piperidine rings is 1. The zero-order valence-electron chi connectivity index (χ0n) is 14.5. The van der Waals surface area contributed by atoms with Crippen LogP contribution in [0.25, 0.3) is 0 Å². The van der Waals surface area contributed by atoms with Gasteiger partial charge in [-0.25, -0.2) is 4.39 Å². The van der Waals surface area contributed by atoms with Gasteiger partial charge in [-0.05, 0) is 54.5 Å². The first-order chi connectivity index (χ1) is 12.2. The Morgan fingerprint density at radius 2 is 2.24 bits per heavy atom. The zero-order valence-corrected chi connectivity index (χ0v) is 14.5. The molecule has 4 nitrogen and oxygen atoms in total. The van der Waals surface area contributed by atoms with Crippen LogP contribution in [0.4, 0.5) is 4.39 Å². The summed E-state index contributed by atoms with van der Waals surface area (Å²) in [6, 6.07) is 8.72.